The Kier molecular flexibility index (Phi) is 11.0. The van der Waals surface area contributed by atoms with Crippen LogP contribution in [0.3, 0.4) is 0 Å². The largest absolute Gasteiger partial charge is 0.369 e. The van der Waals surface area contributed by atoms with E-state index in [1.54, 1.807) is 6.07 Å². The number of carbonyl (C=O) groups is 2. The van der Waals surface area contributed by atoms with Crippen LogP contribution < -0.4 is 5.73 Å². The average molecular weight is 609 g/mol. The zero-order chi connectivity index (χ0) is 28.4. The summed E-state index contributed by atoms with van der Waals surface area (Å²) in [6, 6.07) is 12.2. The zero-order valence-corrected chi connectivity index (χ0v) is 26.6. The summed E-state index contributed by atoms with van der Waals surface area (Å²) in [6.07, 6.45) is 5.30. The minimum atomic E-state index is -0.468. The molecule has 1 unspecified atom stereocenters. The number of halogens is 3. The number of carbonyl (C=O) groups excluding carboxylic acids is 2. The van der Waals surface area contributed by atoms with Crippen LogP contribution >= 0.6 is 35.6 Å². The van der Waals surface area contributed by atoms with Gasteiger partial charge in [-0.15, -0.1) is 12.4 Å². The molecule has 2 saturated heterocycles. The molecule has 2 aromatic rings. The third-order valence-corrected chi connectivity index (χ3v) is 9.91. The summed E-state index contributed by atoms with van der Waals surface area (Å²) in [5.74, 6) is 0.236. The van der Waals surface area contributed by atoms with E-state index in [-0.39, 0.29) is 29.6 Å². The van der Waals surface area contributed by atoms with E-state index in [4.69, 9.17) is 28.9 Å². The van der Waals surface area contributed by atoms with Gasteiger partial charge < -0.3 is 15.5 Å². The van der Waals surface area contributed by atoms with Crippen LogP contribution in [-0.2, 0) is 21.4 Å². The summed E-state index contributed by atoms with van der Waals surface area (Å²) >= 11 is 12.4. The van der Waals surface area contributed by atoms with Crippen molar-refractivity contribution < 1.29 is 9.59 Å². The molecular weight excluding hydrogens is 565 g/mol. The van der Waals surface area contributed by atoms with E-state index in [1.165, 1.54) is 16.7 Å². The molecule has 4 rings (SSSR count). The summed E-state index contributed by atoms with van der Waals surface area (Å²) in [6.45, 7) is 12.7. The van der Waals surface area contributed by atoms with E-state index in [9.17, 15) is 9.59 Å². The van der Waals surface area contributed by atoms with Crippen molar-refractivity contribution in [1.29, 1.82) is 0 Å². The first-order chi connectivity index (χ1) is 18.4. The lowest BCUT2D eigenvalue weighted by molar-refractivity contribution is -0.133. The van der Waals surface area contributed by atoms with Gasteiger partial charge in [0.25, 0.3) is 0 Å². The van der Waals surface area contributed by atoms with Crippen molar-refractivity contribution in [1.82, 2.24) is 9.80 Å². The van der Waals surface area contributed by atoms with Crippen LogP contribution in [0.25, 0.3) is 0 Å². The number of rotatable bonds is 8. The van der Waals surface area contributed by atoms with Crippen LogP contribution in [0.15, 0.2) is 36.4 Å². The molecule has 2 fully saturated rings. The Morgan fingerprint density at radius 3 is 2.25 bits per heavy atom. The van der Waals surface area contributed by atoms with Crippen LogP contribution in [0.2, 0.25) is 10.0 Å². The zero-order valence-electron chi connectivity index (χ0n) is 24.3. The van der Waals surface area contributed by atoms with E-state index >= 15 is 0 Å². The Labute approximate surface area is 256 Å². The van der Waals surface area contributed by atoms with Gasteiger partial charge in [-0.25, -0.2) is 0 Å². The molecule has 220 valence electrons. The number of hydrogen-bond donors (Lipinski definition) is 1. The second kappa shape index (κ2) is 13.5. The van der Waals surface area contributed by atoms with Crippen molar-refractivity contribution in [2.75, 3.05) is 32.7 Å². The first kappa shape index (κ1) is 32.7. The van der Waals surface area contributed by atoms with Gasteiger partial charge >= 0.3 is 0 Å². The predicted molar refractivity (Wildman–Crippen MR) is 168 cm³/mol. The van der Waals surface area contributed by atoms with Crippen LogP contribution in [0.1, 0.15) is 68.2 Å². The van der Waals surface area contributed by atoms with Gasteiger partial charge in [0, 0.05) is 34.0 Å². The van der Waals surface area contributed by atoms with Crippen molar-refractivity contribution in [3.05, 3.63) is 68.7 Å². The first-order valence-electron chi connectivity index (χ1n) is 14.2. The van der Waals surface area contributed by atoms with Crippen molar-refractivity contribution >= 4 is 47.4 Å². The van der Waals surface area contributed by atoms with Crippen LogP contribution in [0.4, 0.5) is 0 Å². The molecule has 0 aromatic heterocycles. The minimum Gasteiger partial charge on any atom is -0.369 e. The molecule has 2 heterocycles. The molecule has 5 nitrogen and oxygen atoms in total. The van der Waals surface area contributed by atoms with E-state index in [1.807, 2.05) is 26.0 Å². The molecular formula is C32H44Cl3N3O2. The maximum atomic E-state index is 13.5. The van der Waals surface area contributed by atoms with Gasteiger partial charge in [-0.05, 0) is 112 Å². The van der Waals surface area contributed by atoms with Crippen molar-refractivity contribution in [3.63, 3.8) is 0 Å². The summed E-state index contributed by atoms with van der Waals surface area (Å²) < 4.78 is 0. The average Bonchev–Trinajstić information content (AvgIpc) is 2.88. The molecule has 2 N–H and O–H groups in total. The van der Waals surface area contributed by atoms with Crippen molar-refractivity contribution in [2.45, 2.75) is 71.6 Å². The van der Waals surface area contributed by atoms with Crippen molar-refractivity contribution in [2.24, 2.45) is 17.1 Å². The van der Waals surface area contributed by atoms with E-state index in [0.29, 0.717) is 28.9 Å². The molecule has 2 aliphatic heterocycles. The smallest absolute Gasteiger partial charge is 0.227 e. The number of aryl methyl sites for hydroxylation is 2. The fourth-order valence-corrected chi connectivity index (χ4v) is 7.02. The van der Waals surface area contributed by atoms with Crippen LogP contribution in [0, 0.1) is 25.2 Å². The van der Waals surface area contributed by atoms with Crippen molar-refractivity contribution in [3.8, 4) is 0 Å². The highest BCUT2D eigenvalue weighted by Gasteiger charge is 2.40. The van der Waals surface area contributed by atoms with Gasteiger partial charge in [0.05, 0.1) is 6.42 Å². The van der Waals surface area contributed by atoms with Gasteiger partial charge in [0.15, 0.2) is 0 Å². The SMILES string of the molecule is Cc1ccc(C2(CCN3CCC(C(C)(C)C(N)=O)CC3)CCCN(C(=O)Cc3cc(Cl)cc(Cl)c3)C2)cc1C.Cl. The molecule has 0 radical (unpaired) electrons. The Bertz CT molecular complexity index is 1190. The number of nitrogens with zero attached hydrogens (tertiary/aromatic N) is 2. The third-order valence-electron chi connectivity index (χ3n) is 9.48. The maximum Gasteiger partial charge on any atom is 0.227 e. The molecule has 2 amide bonds. The summed E-state index contributed by atoms with van der Waals surface area (Å²) in [5, 5.41) is 1.10. The van der Waals surface area contributed by atoms with E-state index < -0.39 is 5.41 Å². The lowest BCUT2D eigenvalue weighted by Crippen LogP contribution is -2.51. The summed E-state index contributed by atoms with van der Waals surface area (Å²) in [7, 11) is 0. The fraction of sp³-hybridized carbons (Fsp3) is 0.562. The number of piperidine rings is 2. The number of primary amides is 1. The van der Waals surface area contributed by atoms with Crippen LogP contribution in [-0.4, -0.2) is 54.3 Å². The minimum absolute atomic E-state index is 0. The third kappa shape index (κ3) is 7.53. The highest BCUT2D eigenvalue weighted by Crippen LogP contribution is 2.40. The summed E-state index contributed by atoms with van der Waals surface area (Å²) in [5.41, 5.74) is 9.89. The highest BCUT2D eigenvalue weighted by atomic mass is 35.5. The summed E-state index contributed by atoms with van der Waals surface area (Å²) in [4.78, 5) is 30.1. The second-order valence-electron chi connectivity index (χ2n) is 12.4. The van der Waals surface area contributed by atoms with Gasteiger partial charge in [-0.3, -0.25) is 9.59 Å². The Morgan fingerprint density at radius 2 is 1.65 bits per heavy atom. The van der Waals surface area contributed by atoms with E-state index in [0.717, 1.165) is 63.8 Å². The molecule has 1 atom stereocenters. The van der Waals surface area contributed by atoms with Gasteiger partial charge in [0.1, 0.15) is 0 Å². The van der Waals surface area contributed by atoms with E-state index in [2.05, 4.69) is 41.8 Å². The molecule has 2 aromatic carbocycles. The molecule has 40 heavy (non-hydrogen) atoms. The topological polar surface area (TPSA) is 66.6 Å². The Morgan fingerprint density at radius 1 is 1.00 bits per heavy atom. The molecule has 0 spiro atoms. The van der Waals surface area contributed by atoms with Gasteiger partial charge in [-0.2, -0.15) is 0 Å². The quantitative estimate of drug-likeness (QED) is 0.361. The Hall–Kier alpha value is -1.79. The standard InChI is InChI=1S/C32H43Cl2N3O2.ClH/c1-22-6-7-26(16-23(22)2)32(11-15-36-13-8-25(9-14-36)31(3,4)30(35)39)10-5-12-37(21-32)29(38)19-24-17-27(33)20-28(34)18-24;/h6-7,16-18,20,25H,5,8-15,19,21H2,1-4H3,(H2,35,39);1H. The Balaban J connectivity index is 0.00000441. The molecule has 8 heteroatoms. The number of hydrogen-bond acceptors (Lipinski definition) is 3. The predicted octanol–water partition coefficient (Wildman–Crippen LogP) is 6.75. The number of nitrogens with two attached hydrogens (primary N) is 1. The fourth-order valence-electron chi connectivity index (χ4n) is 6.45. The maximum absolute atomic E-state index is 13.5. The molecule has 2 aliphatic rings. The number of amides is 2. The highest BCUT2D eigenvalue weighted by molar-refractivity contribution is 6.34. The van der Waals surface area contributed by atoms with Gasteiger partial charge in [0.2, 0.25) is 11.8 Å². The van der Waals surface area contributed by atoms with Gasteiger partial charge in [-0.1, -0.05) is 55.2 Å². The molecule has 0 saturated carbocycles. The molecule has 0 bridgehead atoms. The number of likely N-dealkylation sites (tertiary alicyclic amines) is 2. The second-order valence-corrected chi connectivity index (χ2v) is 13.3. The molecule has 0 aliphatic carbocycles. The number of benzene rings is 2. The van der Waals surface area contributed by atoms with Crippen LogP contribution in [0.5, 0.6) is 0 Å². The lowest BCUT2D eigenvalue weighted by atomic mass is 9.70. The lowest BCUT2D eigenvalue weighted by Gasteiger charge is -2.45. The monoisotopic (exact) mass is 607 g/mol. The normalized spacial score (nSPS) is 20.7. The first-order valence-corrected chi connectivity index (χ1v) is 15.0.